The van der Waals surface area contributed by atoms with Crippen molar-refractivity contribution in [3.05, 3.63) is 36.4 Å². The Morgan fingerprint density at radius 1 is 1.23 bits per heavy atom. The molecule has 3 rings (SSSR count). The van der Waals surface area contributed by atoms with Gasteiger partial charge in [-0.3, -0.25) is 14.6 Å². The highest BCUT2D eigenvalue weighted by atomic mass is 32.2. The SMILES string of the molecule is COc1ccc2ccc(S(=O)(=O)N[C@@H](CCCN=C(N)N)C(=O)N3CCCC(C(=O)O)C3)cc2c1. The molecule has 0 aliphatic carbocycles. The summed E-state index contributed by atoms with van der Waals surface area (Å²) in [6.07, 6.45) is 1.50. The van der Waals surface area contributed by atoms with Gasteiger partial charge in [0.05, 0.1) is 17.9 Å². The standard InChI is InChI=1S/C23H31N5O6S/c1-34-18-8-6-15-7-9-19(13-17(15)12-18)35(32,33)27-20(5-2-10-26-23(24)25)21(29)28-11-3-4-16(14-28)22(30)31/h6-9,12-13,16,20,27H,2-5,10-11,14H2,1H3,(H,30,31)(H4,24,25,26)/t16?,20-/m0/s1. The number of carboxylic acids is 1. The first kappa shape index (κ1) is 26.2. The van der Waals surface area contributed by atoms with Crippen LogP contribution in [0.5, 0.6) is 5.75 Å². The number of fused-ring (bicyclic) bond motifs is 1. The van der Waals surface area contributed by atoms with Crippen LogP contribution in [0.4, 0.5) is 0 Å². The first-order valence-corrected chi connectivity index (χ1v) is 12.8. The van der Waals surface area contributed by atoms with Gasteiger partial charge in [-0.1, -0.05) is 12.1 Å². The van der Waals surface area contributed by atoms with Gasteiger partial charge in [-0.15, -0.1) is 0 Å². The number of carbonyl (C=O) groups excluding carboxylic acids is 1. The average molecular weight is 506 g/mol. The second-order valence-corrected chi connectivity index (χ2v) is 10.2. The second kappa shape index (κ2) is 11.4. The number of benzene rings is 2. The lowest BCUT2D eigenvalue weighted by Gasteiger charge is -2.33. The lowest BCUT2D eigenvalue weighted by atomic mass is 9.97. The Morgan fingerprint density at radius 2 is 1.97 bits per heavy atom. The highest BCUT2D eigenvalue weighted by Gasteiger charge is 2.33. The van der Waals surface area contributed by atoms with E-state index in [1.807, 2.05) is 6.07 Å². The maximum absolute atomic E-state index is 13.3. The van der Waals surface area contributed by atoms with Crippen LogP contribution >= 0.6 is 0 Å². The third-order valence-electron chi connectivity index (χ3n) is 5.95. The predicted molar refractivity (Wildman–Crippen MR) is 131 cm³/mol. The number of methoxy groups -OCH3 is 1. The van der Waals surface area contributed by atoms with Gasteiger partial charge < -0.3 is 26.2 Å². The summed E-state index contributed by atoms with van der Waals surface area (Å²) >= 11 is 0. The molecule has 0 bridgehead atoms. The summed E-state index contributed by atoms with van der Waals surface area (Å²) in [5.41, 5.74) is 10.7. The Labute approximate surface area is 204 Å². The number of likely N-dealkylation sites (tertiary alicyclic amines) is 1. The minimum atomic E-state index is -4.08. The Balaban J connectivity index is 1.84. The van der Waals surface area contributed by atoms with Crippen molar-refractivity contribution in [2.24, 2.45) is 22.4 Å². The van der Waals surface area contributed by atoms with Crippen molar-refractivity contribution >= 4 is 38.6 Å². The molecule has 1 aliphatic rings. The van der Waals surface area contributed by atoms with E-state index in [2.05, 4.69) is 9.71 Å². The maximum atomic E-state index is 13.3. The van der Waals surface area contributed by atoms with Crippen LogP contribution in [0.1, 0.15) is 25.7 Å². The summed E-state index contributed by atoms with van der Waals surface area (Å²) in [5.74, 6) is -1.63. The van der Waals surface area contributed by atoms with Gasteiger partial charge in [0.2, 0.25) is 15.9 Å². The fourth-order valence-electron chi connectivity index (χ4n) is 4.09. The normalized spacial score (nSPS) is 17.1. The van der Waals surface area contributed by atoms with Crippen LogP contribution in [0.3, 0.4) is 0 Å². The molecule has 0 spiro atoms. The number of rotatable bonds is 10. The molecule has 35 heavy (non-hydrogen) atoms. The molecular formula is C23H31N5O6S. The quantitative estimate of drug-likeness (QED) is 0.209. The van der Waals surface area contributed by atoms with Gasteiger partial charge in [0.1, 0.15) is 11.8 Å². The Hall–Kier alpha value is -3.38. The number of amides is 1. The highest BCUT2D eigenvalue weighted by molar-refractivity contribution is 7.89. The number of nitrogens with one attached hydrogen (secondary N) is 1. The molecule has 0 radical (unpaired) electrons. The molecule has 0 aromatic heterocycles. The maximum Gasteiger partial charge on any atom is 0.308 e. The number of sulfonamides is 1. The van der Waals surface area contributed by atoms with Crippen molar-refractivity contribution in [1.29, 1.82) is 0 Å². The lowest BCUT2D eigenvalue weighted by Crippen LogP contribution is -2.52. The number of nitrogens with two attached hydrogens (primary N) is 2. The molecule has 11 nitrogen and oxygen atoms in total. The third-order valence-corrected chi connectivity index (χ3v) is 7.42. The minimum Gasteiger partial charge on any atom is -0.497 e. The molecule has 1 fully saturated rings. The number of nitrogens with zero attached hydrogens (tertiary/aromatic N) is 2. The van der Waals surface area contributed by atoms with E-state index < -0.39 is 33.9 Å². The van der Waals surface area contributed by atoms with E-state index >= 15 is 0 Å². The lowest BCUT2D eigenvalue weighted by molar-refractivity contribution is -0.146. The van der Waals surface area contributed by atoms with Gasteiger partial charge in [-0.2, -0.15) is 4.72 Å². The zero-order chi connectivity index (χ0) is 25.6. The third kappa shape index (κ3) is 6.83. The van der Waals surface area contributed by atoms with Crippen LogP contribution in [0.2, 0.25) is 0 Å². The highest BCUT2D eigenvalue weighted by Crippen LogP contribution is 2.24. The van der Waals surface area contributed by atoms with Crippen molar-refractivity contribution in [3.8, 4) is 5.75 Å². The summed E-state index contributed by atoms with van der Waals surface area (Å²) in [5, 5.41) is 10.9. The molecule has 1 heterocycles. The number of hydrogen-bond donors (Lipinski definition) is 4. The van der Waals surface area contributed by atoms with Crippen LogP contribution in [0.25, 0.3) is 10.8 Å². The summed E-state index contributed by atoms with van der Waals surface area (Å²) in [4.78, 5) is 30.1. The van der Waals surface area contributed by atoms with Crippen LogP contribution in [0, 0.1) is 5.92 Å². The summed E-state index contributed by atoms with van der Waals surface area (Å²) in [6, 6.07) is 8.91. The summed E-state index contributed by atoms with van der Waals surface area (Å²) < 4.78 is 34.3. The Kier molecular flexibility index (Phi) is 8.52. The number of piperidine rings is 1. The Morgan fingerprint density at radius 3 is 2.66 bits per heavy atom. The smallest absolute Gasteiger partial charge is 0.308 e. The first-order chi connectivity index (χ1) is 16.6. The van der Waals surface area contributed by atoms with Gasteiger partial charge in [-0.05, 0) is 60.7 Å². The molecule has 1 saturated heterocycles. The molecule has 2 atom stereocenters. The first-order valence-electron chi connectivity index (χ1n) is 11.3. The minimum absolute atomic E-state index is 0.00216. The zero-order valence-corrected chi connectivity index (χ0v) is 20.3. The van der Waals surface area contributed by atoms with E-state index in [9.17, 15) is 23.1 Å². The number of carboxylic acid groups (broad SMARTS) is 1. The van der Waals surface area contributed by atoms with Gasteiger partial charge in [-0.25, -0.2) is 8.42 Å². The topological polar surface area (TPSA) is 177 Å². The molecule has 2 aromatic carbocycles. The van der Waals surface area contributed by atoms with E-state index in [0.29, 0.717) is 36.9 Å². The largest absolute Gasteiger partial charge is 0.497 e. The predicted octanol–water partition coefficient (Wildman–Crippen LogP) is 0.872. The van der Waals surface area contributed by atoms with Gasteiger partial charge in [0.25, 0.3) is 0 Å². The van der Waals surface area contributed by atoms with Crippen LogP contribution in [0.15, 0.2) is 46.3 Å². The molecule has 2 aromatic rings. The van der Waals surface area contributed by atoms with Crippen molar-refractivity contribution < 1.29 is 27.9 Å². The van der Waals surface area contributed by atoms with Gasteiger partial charge in [0, 0.05) is 19.6 Å². The van der Waals surface area contributed by atoms with Crippen molar-refractivity contribution in [1.82, 2.24) is 9.62 Å². The molecule has 1 aliphatic heterocycles. The van der Waals surface area contributed by atoms with Crippen molar-refractivity contribution in [2.45, 2.75) is 36.6 Å². The number of ether oxygens (including phenoxy) is 1. The van der Waals surface area contributed by atoms with E-state index in [1.54, 1.807) is 18.2 Å². The van der Waals surface area contributed by atoms with E-state index in [0.717, 1.165) is 5.39 Å². The van der Waals surface area contributed by atoms with Gasteiger partial charge >= 0.3 is 5.97 Å². The summed E-state index contributed by atoms with van der Waals surface area (Å²) in [6.45, 7) is 0.627. The molecule has 6 N–H and O–H groups in total. The fourth-order valence-corrected chi connectivity index (χ4v) is 5.35. The van der Waals surface area contributed by atoms with Crippen LogP contribution in [-0.2, 0) is 19.6 Å². The number of hydrogen-bond acceptors (Lipinski definition) is 6. The van der Waals surface area contributed by atoms with Crippen molar-refractivity contribution in [3.63, 3.8) is 0 Å². The van der Waals surface area contributed by atoms with E-state index in [-0.39, 0.29) is 30.4 Å². The van der Waals surface area contributed by atoms with E-state index in [1.165, 1.54) is 24.1 Å². The van der Waals surface area contributed by atoms with E-state index in [4.69, 9.17) is 16.2 Å². The molecule has 12 heteroatoms. The van der Waals surface area contributed by atoms with Crippen LogP contribution in [-0.4, -0.2) is 69.0 Å². The number of carbonyl (C=O) groups is 2. The molecule has 190 valence electrons. The van der Waals surface area contributed by atoms with Crippen LogP contribution < -0.4 is 20.9 Å². The fraction of sp³-hybridized carbons (Fsp3) is 0.435. The average Bonchev–Trinajstić information content (AvgIpc) is 2.84. The zero-order valence-electron chi connectivity index (χ0n) is 19.5. The Bertz CT molecular complexity index is 1210. The summed E-state index contributed by atoms with van der Waals surface area (Å²) in [7, 11) is -2.55. The number of aliphatic imine (C=N–C) groups is 1. The molecule has 1 amide bonds. The molecule has 1 unspecified atom stereocenters. The van der Waals surface area contributed by atoms with Gasteiger partial charge in [0.15, 0.2) is 5.96 Å². The molecule has 0 saturated carbocycles. The monoisotopic (exact) mass is 505 g/mol. The van der Waals surface area contributed by atoms with Crippen molar-refractivity contribution in [2.75, 3.05) is 26.7 Å². The second-order valence-electron chi connectivity index (χ2n) is 8.46. The number of guanidine groups is 1. The number of aliphatic carboxylic acids is 1. The molecular weight excluding hydrogens is 474 g/mol.